The van der Waals surface area contributed by atoms with Crippen LogP contribution in [0.3, 0.4) is 0 Å². The fourth-order valence-corrected chi connectivity index (χ4v) is 1.67. The van der Waals surface area contributed by atoms with Crippen molar-refractivity contribution in [2.75, 3.05) is 14.2 Å². The lowest BCUT2D eigenvalue weighted by atomic mass is 10.1. The highest BCUT2D eigenvalue weighted by Gasteiger charge is 2.14. The number of aromatic nitrogens is 2. The molecule has 2 aromatic rings. The van der Waals surface area contributed by atoms with E-state index >= 15 is 0 Å². The van der Waals surface area contributed by atoms with Gasteiger partial charge >= 0.3 is 0 Å². The average Bonchev–Trinajstić information content (AvgIpc) is 2.86. The molecule has 6 nitrogen and oxygen atoms in total. The van der Waals surface area contributed by atoms with Gasteiger partial charge in [-0.15, -0.1) is 0 Å². The van der Waals surface area contributed by atoms with Crippen molar-refractivity contribution in [1.29, 1.82) is 0 Å². The minimum atomic E-state index is 0.222. The first kappa shape index (κ1) is 12.4. The van der Waals surface area contributed by atoms with Gasteiger partial charge in [0.1, 0.15) is 0 Å². The zero-order valence-electron chi connectivity index (χ0n) is 10.6. The molecule has 2 N–H and O–H groups in total. The van der Waals surface area contributed by atoms with Crippen molar-refractivity contribution >= 4 is 0 Å². The van der Waals surface area contributed by atoms with E-state index < -0.39 is 0 Å². The minimum absolute atomic E-state index is 0.222. The van der Waals surface area contributed by atoms with Gasteiger partial charge in [0.15, 0.2) is 11.5 Å². The van der Waals surface area contributed by atoms with Gasteiger partial charge in [0.25, 0.3) is 0 Å². The monoisotopic (exact) mass is 249 g/mol. The zero-order valence-corrected chi connectivity index (χ0v) is 10.6. The number of hydrogen-bond donors (Lipinski definition) is 1. The first-order valence-corrected chi connectivity index (χ1v) is 5.45. The van der Waals surface area contributed by atoms with E-state index in [2.05, 4.69) is 10.1 Å². The number of nitrogens with zero attached hydrogens (tertiary/aromatic N) is 2. The summed E-state index contributed by atoms with van der Waals surface area (Å²) in [5.41, 5.74) is 7.24. The highest BCUT2D eigenvalue weighted by Crippen LogP contribution is 2.34. The van der Waals surface area contributed by atoms with Crippen LogP contribution in [0.4, 0.5) is 0 Å². The molecule has 6 heteroatoms. The van der Waals surface area contributed by atoms with E-state index in [1.54, 1.807) is 14.2 Å². The Morgan fingerprint density at radius 2 is 1.89 bits per heavy atom. The van der Waals surface area contributed by atoms with Gasteiger partial charge in [-0.2, -0.15) is 4.98 Å². The van der Waals surface area contributed by atoms with Gasteiger partial charge in [0.05, 0.1) is 20.8 Å². The van der Waals surface area contributed by atoms with Crippen LogP contribution in [-0.4, -0.2) is 24.4 Å². The van der Waals surface area contributed by atoms with E-state index in [0.717, 1.165) is 11.1 Å². The molecule has 0 bridgehead atoms. The van der Waals surface area contributed by atoms with Crippen molar-refractivity contribution in [3.05, 3.63) is 23.6 Å². The third kappa shape index (κ3) is 2.14. The second-order valence-corrected chi connectivity index (χ2v) is 3.74. The molecule has 1 heterocycles. The van der Waals surface area contributed by atoms with Crippen molar-refractivity contribution in [2.45, 2.75) is 13.5 Å². The van der Waals surface area contributed by atoms with E-state index in [0.29, 0.717) is 23.2 Å². The van der Waals surface area contributed by atoms with Crippen molar-refractivity contribution in [3.8, 4) is 22.9 Å². The lowest BCUT2D eigenvalue weighted by Crippen LogP contribution is -1.96. The van der Waals surface area contributed by atoms with Crippen LogP contribution < -0.4 is 15.2 Å². The Labute approximate surface area is 105 Å². The molecule has 0 fully saturated rings. The highest BCUT2D eigenvalue weighted by molar-refractivity contribution is 5.65. The summed E-state index contributed by atoms with van der Waals surface area (Å²) < 4.78 is 15.5. The van der Waals surface area contributed by atoms with E-state index in [4.69, 9.17) is 19.7 Å². The molecule has 0 radical (unpaired) electrons. The number of hydrogen-bond acceptors (Lipinski definition) is 6. The third-order valence-electron chi connectivity index (χ3n) is 2.61. The van der Waals surface area contributed by atoms with Gasteiger partial charge in [-0.3, -0.25) is 0 Å². The van der Waals surface area contributed by atoms with Crippen molar-refractivity contribution in [3.63, 3.8) is 0 Å². The summed E-state index contributed by atoms with van der Waals surface area (Å²) in [5, 5.41) is 3.89. The number of methoxy groups -OCH3 is 2. The fraction of sp³-hybridized carbons (Fsp3) is 0.333. The Bertz CT molecular complexity index is 551. The lowest BCUT2D eigenvalue weighted by Gasteiger charge is -2.10. The smallest absolute Gasteiger partial charge is 0.240 e. The molecule has 0 saturated carbocycles. The van der Waals surface area contributed by atoms with Crippen LogP contribution in [0, 0.1) is 6.92 Å². The van der Waals surface area contributed by atoms with Gasteiger partial charge in [-0.05, 0) is 24.6 Å². The SMILES string of the molecule is COc1cc(C)c(-c2noc(CN)n2)cc1OC. The molecule has 96 valence electrons. The number of ether oxygens (including phenoxy) is 2. The standard InChI is InChI=1S/C12H15N3O3/c1-7-4-9(16-2)10(17-3)5-8(7)12-14-11(6-13)18-15-12/h4-5H,6,13H2,1-3H3. The van der Waals surface area contributed by atoms with E-state index in [9.17, 15) is 0 Å². The zero-order chi connectivity index (χ0) is 13.1. The predicted octanol–water partition coefficient (Wildman–Crippen LogP) is 1.52. The molecule has 0 aliphatic carbocycles. The Morgan fingerprint density at radius 1 is 1.22 bits per heavy atom. The van der Waals surface area contributed by atoms with Gasteiger partial charge in [0.2, 0.25) is 11.7 Å². The van der Waals surface area contributed by atoms with Gasteiger partial charge in [-0.1, -0.05) is 5.16 Å². The molecular weight excluding hydrogens is 234 g/mol. The maximum Gasteiger partial charge on any atom is 0.240 e. The quantitative estimate of drug-likeness (QED) is 0.884. The molecule has 18 heavy (non-hydrogen) atoms. The largest absolute Gasteiger partial charge is 0.493 e. The molecular formula is C12H15N3O3. The van der Waals surface area contributed by atoms with Crippen LogP contribution in [-0.2, 0) is 6.54 Å². The van der Waals surface area contributed by atoms with Gasteiger partial charge < -0.3 is 19.7 Å². The Hall–Kier alpha value is -2.08. The second kappa shape index (κ2) is 5.05. The molecule has 0 spiro atoms. The number of rotatable bonds is 4. The number of nitrogens with two attached hydrogens (primary N) is 1. The summed E-state index contributed by atoms with van der Waals surface area (Å²) in [6.07, 6.45) is 0. The topological polar surface area (TPSA) is 83.4 Å². The minimum Gasteiger partial charge on any atom is -0.493 e. The van der Waals surface area contributed by atoms with Crippen LogP contribution in [0.1, 0.15) is 11.5 Å². The summed E-state index contributed by atoms with van der Waals surface area (Å²) in [5.74, 6) is 2.19. The summed E-state index contributed by atoms with van der Waals surface area (Å²) in [4.78, 5) is 4.19. The van der Waals surface area contributed by atoms with Gasteiger partial charge in [0, 0.05) is 5.56 Å². The van der Waals surface area contributed by atoms with Gasteiger partial charge in [-0.25, -0.2) is 0 Å². The Balaban J connectivity index is 2.50. The molecule has 0 aliphatic rings. The van der Waals surface area contributed by atoms with E-state index in [-0.39, 0.29) is 6.54 Å². The first-order valence-electron chi connectivity index (χ1n) is 5.45. The summed E-state index contributed by atoms with van der Waals surface area (Å²) in [7, 11) is 3.18. The molecule has 1 aromatic heterocycles. The predicted molar refractivity (Wildman–Crippen MR) is 65.5 cm³/mol. The van der Waals surface area contributed by atoms with Crippen LogP contribution in [0.5, 0.6) is 11.5 Å². The lowest BCUT2D eigenvalue weighted by molar-refractivity contribution is 0.354. The van der Waals surface area contributed by atoms with Crippen LogP contribution in [0.25, 0.3) is 11.4 Å². The molecule has 0 aliphatic heterocycles. The maximum atomic E-state index is 5.44. The maximum absolute atomic E-state index is 5.44. The molecule has 0 atom stereocenters. The van der Waals surface area contributed by atoms with Crippen molar-refractivity contribution in [2.24, 2.45) is 5.73 Å². The number of aryl methyl sites for hydroxylation is 1. The average molecular weight is 249 g/mol. The number of benzene rings is 1. The summed E-state index contributed by atoms with van der Waals surface area (Å²) >= 11 is 0. The second-order valence-electron chi connectivity index (χ2n) is 3.74. The normalized spacial score (nSPS) is 10.4. The summed E-state index contributed by atoms with van der Waals surface area (Å²) in [6, 6.07) is 3.69. The molecule has 2 rings (SSSR count). The van der Waals surface area contributed by atoms with E-state index in [1.165, 1.54) is 0 Å². The Morgan fingerprint density at radius 3 is 2.44 bits per heavy atom. The molecule has 0 unspecified atom stereocenters. The molecule has 1 aromatic carbocycles. The fourth-order valence-electron chi connectivity index (χ4n) is 1.67. The summed E-state index contributed by atoms with van der Waals surface area (Å²) in [6.45, 7) is 2.16. The third-order valence-corrected chi connectivity index (χ3v) is 2.61. The molecule has 0 amide bonds. The Kier molecular flexibility index (Phi) is 3.47. The van der Waals surface area contributed by atoms with Crippen molar-refractivity contribution in [1.82, 2.24) is 10.1 Å². The van der Waals surface area contributed by atoms with Crippen LogP contribution in [0.2, 0.25) is 0 Å². The van der Waals surface area contributed by atoms with Crippen LogP contribution >= 0.6 is 0 Å². The molecule has 0 saturated heterocycles. The first-order chi connectivity index (χ1) is 8.69. The van der Waals surface area contributed by atoms with E-state index in [1.807, 2.05) is 19.1 Å². The highest BCUT2D eigenvalue weighted by atomic mass is 16.5. The van der Waals surface area contributed by atoms with Crippen molar-refractivity contribution < 1.29 is 14.0 Å². The van der Waals surface area contributed by atoms with Crippen LogP contribution in [0.15, 0.2) is 16.7 Å².